The van der Waals surface area contributed by atoms with Crippen LogP contribution in [0.4, 0.5) is 0 Å². The molecule has 1 aliphatic rings. The van der Waals surface area contributed by atoms with Crippen molar-refractivity contribution in [1.29, 1.82) is 0 Å². The third kappa shape index (κ3) is 1.10. The molecule has 0 aromatic rings. The van der Waals surface area contributed by atoms with Gasteiger partial charge in [0.25, 0.3) is 0 Å². The summed E-state index contributed by atoms with van der Waals surface area (Å²) < 4.78 is 10.1. The Labute approximate surface area is 44.6 Å². The normalized spacial score (nSPS) is 20.3. The van der Waals surface area contributed by atoms with Crippen molar-refractivity contribution in [2.24, 2.45) is 0 Å². The van der Waals surface area contributed by atoms with Gasteiger partial charge in [-0.1, -0.05) is 4.57 Å². The van der Waals surface area contributed by atoms with E-state index >= 15 is 0 Å². The average Bonchev–Trinajstić information content (AvgIpc) is 2.14. The molecule has 1 nitrogen and oxygen atoms in total. The molecule has 0 heterocycles. The topological polar surface area (TPSA) is 17.1 Å². The van der Waals surface area contributed by atoms with E-state index in [1.54, 1.807) is 0 Å². The lowest BCUT2D eigenvalue weighted by molar-refractivity contribution is 0.601. The molecule has 0 aromatic heterocycles. The van der Waals surface area contributed by atoms with E-state index in [1.807, 2.05) is 0 Å². The van der Waals surface area contributed by atoms with Crippen LogP contribution in [0.1, 0.15) is 19.3 Å². The summed E-state index contributed by atoms with van der Waals surface area (Å²) in [4.78, 5) is 0. The summed E-state index contributed by atoms with van der Waals surface area (Å²) in [6, 6.07) is 0. The van der Waals surface area contributed by atoms with Crippen LogP contribution >= 0.6 is 8.46 Å². The first kappa shape index (κ1) is 4.99. The van der Waals surface area contributed by atoms with Crippen LogP contribution in [0.2, 0.25) is 0 Å². The quantitative estimate of drug-likeness (QED) is 0.478. The maximum absolute atomic E-state index is 10.1. The summed E-state index contributed by atoms with van der Waals surface area (Å²) in [6.45, 7) is 0. The van der Waals surface area contributed by atoms with E-state index in [-0.39, 0.29) is 8.46 Å². The van der Waals surface area contributed by atoms with Gasteiger partial charge in [-0.15, -0.1) is 0 Å². The van der Waals surface area contributed by atoms with Gasteiger partial charge in [0.05, 0.1) is 0 Å². The van der Waals surface area contributed by atoms with Crippen LogP contribution in [-0.4, -0.2) is 0 Å². The van der Waals surface area contributed by atoms with E-state index in [4.69, 9.17) is 0 Å². The first-order valence-corrected chi connectivity index (χ1v) is 3.41. The van der Waals surface area contributed by atoms with E-state index in [0.717, 1.165) is 18.2 Å². The van der Waals surface area contributed by atoms with Crippen molar-refractivity contribution in [2.75, 3.05) is 0 Å². The second-order valence-corrected chi connectivity index (χ2v) is 2.57. The van der Waals surface area contributed by atoms with Gasteiger partial charge in [-0.3, -0.25) is 0 Å². The molecule has 38 valence electrons. The largest absolute Gasteiger partial charge is 0.358 e. The van der Waals surface area contributed by atoms with Crippen molar-refractivity contribution in [1.82, 2.24) is 0 Å². The van der Waals surface area contributed by atoms with E-state index in [2.05, 4.69) is 6.08 Å². The third-order valence-corrected chi connectivity index (χ3v) is 1.89. The molecule has 1 atom stereocenters. The summed E-state index contributed by atoms with van der Waals surface area (Å²) in [5, 5.41) is 1.14. The monoisotopic (exact) mass is 115 g/mol. The SMILES string of the molecule is O=[PH+]C1=CCCC1. The molecule has 2 heteroatoms. The first-order valence-electron chi connectivity index (χ1n) is 2.50. The fourth-order valence-electron chi connectivity index (χ4n) is 0.764. The molecular weight excluding hydrogens is 107 g/mol. The van der Waals surface area contributed by atoms with Crippen LogP contribution in [0.25, 0.3) is 0 Å². The predicted octanol–water partition coefficient (Wildman–Crippen LogP) is 2.08. The van der Waals surface area contributed by atoms with Crippen molar-refractivity contribution in [3.63, 3.8) is 0 Å². The zero-order valence-electron chi connectivity index (χ0n) is 4.11. The van der Waals surface area contributed by atoms with Gasteiger partial charge < -0.3 is 0 Å². The van der Waals surface area contributed by atoms with Crippen molar-refractivity contribution in [2.45, 2.75) is 19.3 Å². The molecule has 0 saturated heterocycles. The molecule has 0 amide bonds. The van der Waals surface area contributed by atoms with E-state index < -0.39 is 0 Å². The van der Waals surface area contributed by atoms with Crippen molar-refractivity contribution in [3.05, 3.63) is 11.4 Å². The lowest BCUT2D eigenvalue weighted by Gasteiger charge is -1.70. The molecule has 1 rings (SSSR count). The Balaban J connectivity index is 2.51. The first-order chi connectivity index (χ1) is 3.43. The van der Waals surface area contributed by atoms with Crippen LogP contribution < -0.4 is 0 Å². The lowest BCUT2D eigenvalue weighted by atomic mass is 10.4. The molecule has 0 aliphatic heterocycles. The minimum atomic E-state index is -0.177. The Morgan fingerprint density at radius 2 is 2.57 bits per heavy atom. The van der Waals surface area contributed by atoms with E-state index in [9.17, 15) is 4.57 Å². The molecule has 1 aliphatic carbocycles. The second kappa shape index (κ2) is 2.23. The van der Waals surface area contributed by atoms with Gasteiger partial charge >= 0.3 is 8.46 Å². The molecule has 0 N–H and O–H groups in total. The van der Waals surface area contributed by atoms with Crippen LogP contribution in [0.3, 0.4) is 0 Å². The van der Waals surface area contributed by atoms with E-state index in [0.29, 0.717) is 0 Å². The number of hydrogen-bond donors (Lipinski definition) is 0. The third-order valence-electron chi connectivity index (χ3n) is 1.17. The minimum absolute atomic E-state index is 0.177. The molecule has 0 radical (unpaired) electrons. The Bertz CT molecular complexity index is 107. The second-order valence-electron chi connectivity index (χ2n) is 1.72. The van der Waals surface area contributed by atoms with Crippen LogP contribution in [0.15, 0.2) is 11.4 Å². The summed E-state index contributed by atoms with van der Waals surface area (Å²) in [6.07, 6.45) is 5.50. The average molecular weight is 115 g/mol. The van der Waals surface area contributed by atoms with Gasteiger partial charge in [-0.2, -0.15) is 0 Å². The van der Waals surface area contributed by atoms with Crippen molar-refractivity contribution in [3.8, 4) is 0 Å². The fourth-order valence-corrected chi connectivity index (χ4v) is 1.27. The summed E-state index contributed by atoms with van der Waals surface area (Å²) in [5.74, 6) is 0. The zero-order valence-corrected chi connectivity index (χ0v) is 5.11. The molecule has 0 aromatic carbocycles. The number of hydrogen-bond acceptors (Lipinski definition) is 1. The molecule has 0 bridgehead atoms. The Hall–Kier alpha value is -0.160. The predicted molar refractivity (Wildman–Crippen MR) is 30.9 cm³/mol. The van der Waals surface area contributed by atoms with Crippen molar-refractivity contribution >= 4 is 8.46 Å². The lowest BCUT2D eigenvalue weighted by Crippen LogP contribution is -1.56. The summed E-state index contributed by atoms with van der Waals surface area (Å²) in [5.41, 5.74) is 0. The van der Waals surface area contributed by atoms with Gasteiger partial charge in [0, 0.05) is 6.42 Å². The molecule has 7 heavy (non-hydrogen) atoms. The number of allylic oxidation sites excluding steroid dienone is 2. The smallest absolute Gasteiger partial charge is 0.0711 e. The number of rotatable bonds is 1. The van der Waals surface area contributed by atoms with Gasteiger partial charge in [-0.05, 0) is 18.9 Å². The van der Waals surface area contributed by atoms with Crippen molar-refractivity contribution < 1.29 is 4.57 Å². The fraction of sp³-hybridized carbons (Fsp3) is 0.600. The maximum atomic E-state index is 10.1. The Morgan fingerprint density at radius 3 is 2.86 bits per heavy atom. The maximum Gasteiger partial charge on any atom is 0.358 e. The van der Waals surface area contributed by atoms with Gasteiger partial charge in [-0.25, -0.2) is 0 Å². The van der Waals surface area contributed by atoms with Crippen LogP contribution in [-0.2, 0) is 4.57 Å². The van der Waals surface area contributed by atoms with Crippen LogP contribution in [0.5, 0.6) is 0 Å². The molecule has 1 unspecified atom stereocenters. The highest BCUT2D eigenvalue weighted by atomic mass is 31.1. The standard InChI is InChI=1S/C5H7OP/c6-7-5-3-1-2-4-5/h3H,1-2,4H2/p+1. The highest BCUT2D eigenvalue weighted by Gasteiger charge is 2.08. The molecule has 0 spiro atoms. The highest BCUT2D eigenvalue weighted by Crippen LogP contribution is 2.25. The van der Waals surface area contributed by atoms with Crippen LogP contribution in [0, 0.1) is 0 Å². The highest BCUT2D eigenvalue weighted by molar-refractivity contribution is 7.29. The summed E-state index contributed by atoms with van der Waals surface area (Å²) >= 11 is 0. The zero-order chi connectivity index (χ0) is 5.11. The van der Waals surface area contributed by atoms with E-state index in [1.165, 1.54) is 6.42 Å². The summed E-state index contributed by atoms with van der Waals surface area (Å²) in [7, 11) is -0.177. The Morgan fingerprint density at radius 1 is 1.71 bits per heavy atom. The van der Waals surface area contributed by atoms with Gasteiger partial charge in [0.15, 0.2) is 5.31 Å². The molecule has 0 fully saturated rings. The van der Waals surface area contributed by atoms with Gasteiger partial charge in [0.1, 0.15) is 0 Å². The van der Waals surface area contributed by atoms with Gasteiger partial charge in [0.2, 0.25) is 0 Å². The molecular formula is C5H8OP+. The minimum Gasteiger partial charge on any atom is -0.0711 e. The molecule has 0 saturated carbocycles. The Kier molecular flexibility index (Phi) is 1.59.